The quantitative estimate of drug-likeness (QED) is 0.780. The number of benzene rings is 1. The van der Waals surface area contributed by atoms with Gasteiger partial charge in [0.1, 0.15) is 23.6 Å². The average molecular weight is 410 g/mol. The molecule has 4 rings (SSSR count). The summed E-state index contributed by atoms with van der Waals surface area (Å²) in [4.78, 5) is 21.8. The van der Waals surface area contributed by atoms with Crippen LogP contribution in [0.5, 0.6) is 5.88 Å². The van der Waals surface area contributed by atoms with E-state index >= 15 is 0 Å². The normalized spacial score (nSPS) is 15.8. The maximum Gasteiger partial charge on any atom is 0.303 e. The van der Waals surface area contributed by atoms with E-state index in [0.717, 1.165) is 24.8 Å². The van der Waals surface area contributed by atoms with Gasteiger partial charge in [0.2, 0.25) is 11.8 Å². The fourth-order valence-corrected chi connectivity index (χ4v) is 3.80. The van der Waals surface area contributed by atoms with Gasteiger partial charge in [-0.1, -0.05) is 12.1 Å². The van der Waals surface area contributed by atoms with E-state index in [-0.39, 0.29) is 24.8 Å². The molecule has 0 bridgehead atoms. The number of ether oxygens (including phenoxy) is 1. The van der Waals surface area contributed by atoms with Crippen LogP contribution in [0, 0.1) is 24.1 Å². The van der Waals surface area contributed by atoms with Crippen molar-refractivity contribution in [3.05, 3.63) is 45.9 Å². The Kier molecular flexibility index (Phi) is 5.53. The predicted octanol–water partition coefficient (Wildman–Crippen LogP) is 3.31. The van der Waals surface area contributed by atoms with E-state index in [1.807, 2.05) is 11.0 Å². The van der Waals surface area contributed by atoms with Gasteiger partial charge in [-0.3, -0.25) is 4.79 Å². The molecule has 0 amide bonds. The largest absolute Gasteiger partial charge is 0.481 e. The fraction of sp³-hybridized carbons (Fsp3) is 0.455. The lowest BCUT2D eigenvalue weighted by Gasteiger charge is -2.31. The number of rotatable bonds is 6. The Balaban J connectivity index is 1.58. The second-order valence-corrected chi connectivity index (χ2v) is 7.81. The molecule has 1 aliphatic carbocycles. The number of aliphatic carboxylic acids is 1. The number of nitriles is 1. The van der Waals surface area contributed by atoms with Crippen LogP contribution >= 0.6 is 0 Å². The second kappa shape index (κ2) is 8.27. The highest BCUT2D eigenvalue weighted by atomic mass is 19.1. The molecule has 1 aromatic heterocycles. The summed E-state index contributed by atoms with van der Waals surface area (Å²) >= 11 is 0. The summed E-state index contributed by atoms with van der Waals surface area (Å²) in [6.07, 6.45) is 3.70. The summed E-state index contributed by atoms with van der Waals surface area (Å²) < 4.78 is 20.8. The number of hydrogen-bond donors (Lipinski definition) is 1. The number of aromatic nitrogens is 2. The van der Waals surface area contributed by atoms with Gasteiger partial charge < -0.3 is 14.7 Å². The van der Waals surface area contributed by atoms with Gasteiger partial charge in [0.25, 0.3) is 0 Å². The van der Waals surface area contributed by atoms with Crippen molar-refractivity contribution >= 4 is 11.9 Å². The van der Waals surface area contributed by atoms with Gasteiger partial charge in [0.05, 0.1) is 5.69 Å². The van der Waals surface area contributed by atoms with Gasteiger partial charge in [-0.05, 0) is 55.7 Å². The maximum absolute atomic E-state index is 14.9. The molecule has 2 aromatic rings. The van der Waals surface area contributed by atoms with E-state index in [1.165, 1.54) is 0 Å². The third-order valence-corrected chi connectivity index (χ3v) is 5.79. The molecule has 1 aromatic carbocycles. The molecule has 1 aliphatic heterocycles. The van der Waals surface area contributed by atoms with E-state index in [0.29, 0.717) is 53.7 Å². The summed E-state index contributed by atoms with van der Waals surface area (Å²) in [7, 11) is 0. The van der Waals surface area contributed by atoms with Crippen molar-refractivity contribution in [2.75, 3.05) is 11.4 Å². The topological polar surface area (TPSA) is 99.3 Å². The van der Waals surface area contributed by atoms with E-state index in [1.54, 1.807) is 13.0 Å². The zero-order valence-electron chi connectivity index (χ0n) is 16.8. The van der Waals surface area contributed by atoms with Gasteiger partial charge in [-0.15, -0.1) is 0 Å². The highest BCUT2D eigenvalue weighted by Crippen LogP contribution is 2.31. The van der Waals surface area contributed by atoms with Gasteiger partial charge in [-0.25, -0.2) is 9.37 Å². The van der Waals surface area contributed by atoms with Crippen LogP contribution in [-0.4, -0.2) is 33.7 Å². The van der Waals surface area contributed by atoms with Crippen molar-refractivity contribution in [3.8, 4) is 11.9 Å². The molecule has 30 heavy (non-hydrogen) atoms. The monoisotopic (exact) mass is 410 g/mol. The minimum absolute atomic E-state index is 0.0933. The van der Waals surface area contributed by atoms with Crippen LogP contribution in [0.3, 0.4) is 0 Å². The number of nitrogens with zero attached hydrogens (tertiary/aromatic N) is 4. The second-order valence-electron chi connectivity index (χ2n) is 7.81. The number of halogens is 1. The first-order valence-corrected chi connectivity index (χ1v) is 10.2. The Hall–Kier alpha value is -3.21. The lowest BCUT2D eigenvalue weighted by molar-refractivity contribution is -0.136. The summed E-state index contributed by atoms with van der Waals surface area (Å²) in [5, 5.41) is 18.3. The van der Waals surface area contributed by atoms with E-state index in [9.17, 15) is 14.4 Å². The number of aryl methyl sites for hydroxylation is 2. The standard InChI is InChI=1S/C22H23FN4O3/c1-13-18(11-24)21(30-16-3-2-4-16)26-22(25-13)27-10-9-17-15(12-27)6-5-14(20(17)23)7-8-19(28)29/h5-6,16H,2-4,7-10,12H2,1H3,(H,28,29). The van der Waals surface area contributed by atoms with E-state index in [4.69, 9.17) is 9.84 Å². The molecule has 1 fully saturated rings. The number of carboxylic acids is 1. The number of carboxylic acid groups (broad SMARTS) is 1. The number of fused-ring (bicyclic) bond motifs is 1. The Morgan fingerprint density at radius 1 is 1.40 bits per heavy atom. The highest BCUT2D eigenvalue weighted by Gasteiger charge is 2.26. The van der Waals surface area contributed by atoms with Crippen molar-refractivity contribution in [2.24, 2.45) is 0 Å². The van der Waals surface area contributed by atoms with Crippen LogP contribution in [0.25, 0.3) is 0 Å². The minimum atomic E-state index is -0.938. The van der Waals surface area contributed by atoms with Gasteiger partial charge in [0.15, 0.2) is 0 Å². The third kappa shape index (κ3) is 3.92. The van der Waals surface area contributed by atoms with Gasteiger partial charge >= 0.3 is 5.97 Å². The third-order valence-electron chi connectivity index (χ3n) is 5.79. The summed E-state index contributed by atoms with van der Waals surface area (Å²) in [6.45, 7) is 2.74. The molecule has 8 heteroatoms. The van der Waals surface area contributed by atoms with Crippen molar-refractivity contribution in [1.82, 2.24) is 9.97 Å². The van der Waals surface area contributed by atoms with Crippen molar-refractivity contribution in [2.45, 2.75) is 58.1 Å². The van der Waals surface area contributed by atoms with Crippen molar-refractivity contribution < 1.29 is 19.0 Å². The Morgan fingerprint density at radius 3 is 2.87 bits per heavy atom. The molecule has 7 nitrogen and oxygen atoms in total. The number of hydrogen-bond acceptors (Lipinski definition) is 6. The zero-order chi connectivity index (χ0) is 21.3. The Labute approximate surface area is 174 Å². The lowest BCUT2D eigenvalue weighted by Crippen LogP contribution is -2.33. The first kappa shape index (κ1) is 20.1. The first-order chi connectivity index (χ1) is 14.5. The Morgan fingerprint density at radius 2 is 2.20 bits per heavy atom. The minimum Gasteiger partial charge on any atom is -0.481 e. The molecule has 2 aliphatic rings. The van der Waals surface area contributed by atoms with Crippen LogP contribution in [0.15, 0.2) is 12.1 Å². The smallest absolute Gasteiger partial charge is 0.303 e. The van der Waals surface area contributed by atoms with Crippen molar-refractivity contribution in [1.29, 1.82) is 5.26 Å². The molecule has 0 spiro atoms. The highest BCUT2D eigenvalue weighted by molar-refractivity contribution is 5.67. The van der Waals surface area contributed by atoms with Crippen LogP contribution in [0.1, 0.15) is 53.6 Å². The summed E-state index contributed by atoms with van der Waals surface area (Å²) in [5.41, 5.74) is 2.83. The molecular formula is C22H23FN4O3. The number of anilines is 1. The average Bonchev–Trinajstić information content (AvgIpc) is 2.69. The Bertz CT molecular complexity index is 1030. The molecular weight excluding hydrogens is 387 g/mol. The maximum atomic E-state index is 14.9. The predicted molar refractivity (Wildman–Crippen MR) is 107 cm³/mol. The molecule has 1 saturated carbocycles. The fourth-order valence-electron chi connectivity index (χ4n) is 3.80. The van der Waals surface area contributed by atoms with E-state index in [2.05, 4.69) is 16.0 Å². The van der Waals surface area contributed by atoms with Crippen molar-refractivity contribution in [3.63, 3.8) is 0 Å². The van der Waals surface area contributed by atoms with Crippen LogP contribution in [0.2, 0.25) is 0 Å². The SMILES string of the molecule is Cc1nc(N2CCc3c(ccc(CCC(=O)O)c3F)C2)nc(OC2CCC2)c1C#N. The van der Waals surface area contributed by atoms with Crippen LogP contribution in [-0.2, 0) is 24.2 Å². The summed E-state index contributed by atoms with van der Waals surface area (Å²) in [5.74, 6) is -0.446. The lowest BCUT2D eigenvalue weighted by atomic mass is 9.95. The molecule has 2 heterocycles. The van der Waals surface area contributed by atoms with Crippen LogP contribution in [0.4, 0.5) is 10.3 Å². The number of carbonyl (C=O) groups is 1. The van der Waals surface area contributed by atoms with Gasteiger partial charge in [0, 0.05) is 19.5 Å². The van der Waals surface area contributed by atoms with Crippen LogP contribution < -0.4 is 9.64 Å². The zero-order valence-corrected chi connectivity index (χ0v) is 16.8. The molecule has 0 atom stereocenters. The van der Waals surface area contributed by atoms with E-state index < -0.39 is 5.97 Å². The summed E-state index contributed by atoms with van der Waals surface area (Å²) in [6, 6.07) is 5.65. The molecule has 1 N–H and O–H groups in total. The molecule has 0 unspecified atom stereocenters. The molecule has 156 valence electrons. The van der Waals surface area contributed by atoms with Gasteiger partial charge in [-0.2, -0.15) is 10.2 Å². The molecule has 0 radical (unpaired) electrons. The molecule has 0 saturated heterocycles. The first-order valence-electron chi connectivity index (χ1n) is 10.2.